The Morgan fingerprint density at radius 1 is 1.38 bits per heavy atom. The molecule has 2 aliphatic rings. The van der Waals surface area contributed by atoms with Crippen LogP contribution >= 0.6 is 0 Å². The number of guanidine groups is 1. The second kappa shape index (κ2) is 8.12. The van der Waals surface area contributed by atoms with Gasteiger partial charge in [0.05, 0.1) is 24.0 Å². The van der Waals surface area contributed by atoms with Crippen molar-refractivity contribution in [1.82, 2.24) is 10.2 Å². The molecule has 0 radical (unpaired) electrons. The van der Waals surface area contributed by atoms with Crippen molar-refractivity contribution in [2.45, 2.75) is 24.7 Å². The molecule has 0 bridgehead atoms. The fourth-order valence-electron chi connectivity index (χ4n) is 3.44. The van der Waals surface area contributed by atoms with Crippen molar-refractivity contribution in [2.75, 3.05) is 45.1 Å². The molecule has 0 saturated carbocycles. The van der Waals surface area contributed by atoms with Gasteiger partial charge in [-0.05, 0) is 31.9 Å². The van der Waals surface area contributed by atoms with Crippen LogP contribution < -0.4 is 5.32 Å². The lowest BCUT2D eigenvalue weighted by Gasteiger charge is -2.24. The average Bonchev–Trinajstić information content (AvgIpc) is 3.25. The summed E-state index contributed by atoms with van der Waals surface area (Å²) in [5.74, 6) is 1.51. The zero-order valence-corrected chi connectivity index (χ0v) is 15.2. The summed E-state index contributed by atoms with van der Waals surface area (Å²) in [7, 11) is -0.987. The van der Waals surface area contributed by atoms with Gasteiger partial charge in [-0.15, -0.1) is 0 Å². The first kappa shape index (κ1) is 17.4. The second-order valence-corrected chi connectivity index (χ2v) is 8.14. The summed E-state index contributed by atoms with van der Waals surface area (Å²) in [6.07, 6.45) is 2.33. The van der Waals surface area contributed by atoms with Crippen LogP contribution in [0.3, 0.4) is 0 Å². The van der Waals surface area contributed by atoms with E-state index in [0.29, 0.717) is 17.7 Å². The van der Waals surface area contributed by atoms with Gasteiger partial charge >= 0.3 is 0 Å². The van der Waals surface area contributed by atoms with Crippen LogP contribution in [-0.2, 0) is 15.5 Å². The number of ether oxygens (including phenoxy) is 1. The van der Waals surface area contributed by atoms with E-state index in [1.165, 1.54) is 6.42 Å². The van der Waals surface area contributed by atoms with Gasteiger partial charge < -0.3 is 15.0 Å². The average molecular weight is 350 g/mol. The van der Waals surface area contributed by atoms with Crippen LogP contribution in [0.1, 0.15) is 19.8 Å². The van der Waals surface area contributed by atoms with Crippen LogP contribution in [-0.4, -0.2) is 60.2 Å². The third-order valence-electron chi connectivity index (χ3n) is 4.80. The van der Waals surface area contributed by atoms with Crippen LogP contribution in [0.5, 0.6) is 0 Å². The van der Waals surface area contributed by atoms with Crippen molar-refractivity contribution in [3.63, 3.8) is 0 Å². The smallest absolute Gasteiger partial charge is 0.193 e. The highest BCUT2D eigenvalue weighted by Gasteiger charge is 2.42. The Balaban J connectivity index is 1.57. The van der Waals surface area contributed by atoms with Crippen LogP contribution in [0, 0.1) is 5.41 Å². The monoisotopic (exact) mass is 349 g/mol. The standard InChI is InChI=1S/C18H27N3O2S/c1-2-19-17(21-11-8-18(14-21)9-12-23-15-18)20-10-13-24(22)16-6-4-3-5-7-16/h3-7H,2,8-15H2,1H3,(H,19,20). The van der Waals surface area contributed by atoms with E-state index in [9.17, 15) is 4.21 Å². The molecule has 24 heavy (non-hydrogen) atoms. The minimum absolute atomic E-state index is 0.322. The lowest BCUT2D eigenvalue weighted by atomic mass is 9.87. The Bertz CT molecular complexity index is 585. The molecule has 1 spiro atoms. The van der Waals surface area contributed by atoms with E-state index < -0.39 is 10.8 Å². The maximum Gasteiger partial charge on any atom is 0.193 e. The lowest BCUT2D eigenvalue weighted by molar-refractivity contribution is 0.156. The number of nitrogens with zero attached hydrogens (tertiary/aromatic N) is 2. The van der Waals surface area contributed by atoms with E-state index >= 15 is 0 Å². The highest BCUT2D eigenvalue weighted by Crippen LogP contribution is 2.38. The molecule has 1 aromatic carbocycles. The molecule has 2 atom stereocenters. The predicted octanol–water partition coefficient (Wildman–Crippen LogP) is 1.87. The molecule has 1 aromatic rings. The zero-order chi connectivity index (χ0) is 16.8. The molecule has 0 aromatic heterocycles. The Morgan fingerprint density at radius 2 is 2.21 bits per heavy atom. The van der Waals surface area contributed by atoms with Crippen molar-refractivity contribution in [2.24, 2.45) is 10.4 Å². The molecule has 132 valence electrons. The molecular formula is C18H27N3O2S. The number of benzene rings is 1. The number of hydrogen-bond donors (Lipinski definition) is 1. The topological polar surface area (TPSA) is 53.9 Å². The van der Waals surface area contributed by atoms with Crippen molar-refractivity contribution in [3.8, 4) is 0 Å². The van der Waals surface area contributed by atoms with Crippen LogP contribution in [0.15, 0.2) is 40.2 Å². The summed E-state index contributed by atoms with van der Waals surface area (Å²) in [5.41, 5.74) is 0.322. The fourth-order valence-corrected chi connectivity index (χ4v) is 4.39. The molecule has 2 heterocycles. The number of nitrogens with one attached hydrogen (secondary N) is 1. The zero-order valence-electron chi connectivity index (χ0n) is 14.4. The fraction of sp³-hybridized carbons (Fsp3) is 0.611. The van der Waals surface area contributed by atoms with Gasteiger partial charge in [-0.2, -0.15) is 0 Å². The van der Waals surface area contributed by atoms with Gasteiger partial charge in [0, 0.05) is 42.3 Å². The number of hydrogen-bond acceptors (Lipinski definition) is 3. The SMILES string of the molecule is CCNC(=NCCS(=O)c1ccccc1)N1CCC2(CCOC2)C1. The second-order valence-electron chi connectivity index (χ2n) is 6.57. The molecule has 3 rings (SSSR count). The molecule has 1 N–H and O–H groups in total. The largest absolute Gasteiger partial charge is 0.381 e. The van der Waals surface area contributed by atoms with Gasteiger partial charge in [-0.1, -0.05) is 18.2 Å². The Kier molecular flexibility index (Phi) is 5.89. The predicted molar refractivity (Wildman–Crippen MR) is 97.8 cm³/mol. The highest BCUT2D eigenvalue weighted by atomic mass is 32.2. The molecule has 6 heteroatoms. The van der Waals surface area contributed by atoms with E-state index in [1.54, 1.807) is 0 Å². The minimum Gasteiger partial charge on any atom is -0.381 e. The Morgan fingerprint density at radius 3 is 2.92 bits per heavy atom. The van der Waals surface area contributed by atoms with Crippen LogP contribution in [0.25, 0.3) is 0 Å². The summed E-state index contributed by atoms with van der Waals surface area (Å²) in [5, 5.41) is 3.38. The van der Waals surface area contributed by atoms with E-state index in [1.807, 2.05) is 30.3 Å². The maximum atomic E-state index is 12.3. The summed E-state index contributed by atoms with van der Waals surface area (Å²) < 4.78 is 17.9. The van der Waals surface area contributed by atoms with Gasteiger partial charge in [0.25, 0.3) is 0 Å². The molecule has 2 fully saturated rings. The molecule has 0 aliphatic carbocycles. The van der Waals surface area contributed by atoms with Gasteiger partial charge in [0.2, 0.25) is 0 Å². The van der Waals surface area contributed by atoms with E-state index in [0.717, 1.165) is 50.1 Å². The van der Waals surface area contributed by atoms with Crippen molar-refractivity contribution >= 4 is 16.8 Å². The quantitative estimate of drug-likeness (QED) is 0.651. The number of aliphatic imine (C=N–C) groups is 1. The summed E-state index contributed by atoms with van der Waals surface area (Å²) >= 11 is 0. The summed E-state index contributed by atoms with van der Waals surface area (Å²) in [4.78, 5) is 7.93. The Labute approximate surface area is 146 Å². The van der Waals surface area contributed by atoms with E-state index in [4.69, 9.17) is 9.73 Å². The highest BCUT2D eigenvalue weighted by molar-refractivity contribution is 7.85. The van der Waals surface area contributed by atoms with Gasteiger partial charge in [0.15, 0.2) is 5.96 Å². The van der Waals surface area contributed by atoms with Crippen LogP contribution in [0.4, 0.5) is 0 Å². The van der Waals surface area contributed by atoms with Crippen LogP contribution in [0.2, 0.25) is 0 Å². The maximum absolute atomic E-state index is 12.3. The molecular weight excluding hydrogens is 322 g/mol. The van der Waals surface area contributed by atoms with Gasteiger partial charge in [-0.3, -0.25) is 9.20 Å². The third kappa shape index (κ3) is 4.16. The van der Waals surface area contributed by atoms with Crippen molar-refractivity contribution in [1.29, 1.82) is 0 Å². The third-order valence-corrected chi connectivity index (χ3v) is 6.15. The number of rotatable bonds is 5. The molecule has 0 amide bonds. The Hall–Kier alpha value is -1.40. The lowest BCUT2D eigenvalue weighted by Crippen LogP contribution is -2.41. The van der Waals surface area contributed by atoms with E-state index in [-0.39, 0.29) is 0 Å². The van der Waals surface area contributed by atoms with Crippen molar-refractivity contribution in [3.05, 3.63) is 30.3 Å². The minimum atomic E-state index is -0.987. The van der Waals surface area contributed by atoms with Crippen molar-refractivity contribution < 1.29 is 8.95 Å². The summed E-state index contributed by atoms with van der Waals surface area (Å²) in [6.45, 7) is 7.31. The van der Waals surface area contributed by atoms with Gasteiger partial charge in [-0.25, -0.2) is 0 Å². The molecule has 5 nitrogen and oxygen atoms in total. The molecule has 2 aliphatic heterocycles. The normalized spacial score (nSPS) is 25.4. The first-order chi connectivity index (χ1) is 11.7. The van der Waals surface area contributed by atoms with E-state index in [2.05, 4.69) is 17.1 Å². The summed E-state index contributed by atoms with van der Waals surface area (Å²) in [6, 6.07) is 9.62. The first-order valence-electron chi connectivity index (χ1n) is 8.77. The number of likely N-dealkylation sites (tertiary alicyclic amines) is 1. The molecule has 2 saturated heterocycles. The molecule has 2 unspecified atom stereocenters. The van der Waals surface area contributed by atoms with Gasteiger partial charge in [0.1, 0.15) is 0 Å². The first-order valence-corrected chi connectivity index (χ1v) is 10.1.